The Bertz CT molecular complexity index is 232. The maximum absolute atomic E-state index is 5.20. The molecular weight excluding hydrogens is 268 g/mol. The molecule has 0 bridgehead atoms. The Morgan fingerprint density at radius 1 is 0.682 bits per heavy atom. The van der Waals surface area contributed by atoms with Crippen molar-refractivity contribution in [2.75, 3.05) is 6.61 Å². The van der Waals surface area contributed by atoms with Crippen molar-refractivity contribution in [1.82, 2.24) is 0 Å². The van der Waals surface area contributed by atoms with Gasteiger partial charge in [0.15, 0.2) is 0 Å². The van der Waals surface area contributed by atoms with E-state index in [1.165, 1.54) is 89.9 Å². The number of hydrogen-bond donors (Lipinski definition) is 0. The van der Waals surface area contributed by atoms with Crippen LogP contribution in [-0.2, 0) is 4.74 Å². The molecule has 0 amide bonds. The van der Waals surface area contributed by atoms with Crippen molar-refractivity contribution in [2.24, 2.45) is 0 Å². The Hall–Kier alpha value is -0.720. The summed E-state index contributed by atoms with van der Waals surface area (Å²) >= 11 is 0. The van der Waals surface area contributed by atoms with Crippen LogP contribution in [0.25, 0.3) is 0 Å². The monoisotopic (exact) mass is 308 g/mol. The zero-order valence-corrected chi connectivity index (χ0v) is 15.2. The van der Waals surface area contributed by atoms with Gasteiger partial charge >= 0.3 is 0 Å². The molecule has 0 aliphatic heterocycles. The molecule has 0 saturated carbocycles. The van der Waals surface area contributed by atoms with Crippen LogP contribution in [0.5, 0.6) is 0 Å². The second-order valence-corrected chi connectivity index (χ2v) is 6.38. The number of ether oxygens (including phenoxy) is 1. The molecule has 0 radical (unpaired) electrons. The maximum Gasteiger partial charge on any atom is 0.105 e. The average molecular weight is 309 g/mol. The van der Waals surface area contributed by atoms with Crippen molar-refractivity contribution in [3.8, 4) is 0 Å². The molecule has 0 aliphatic rings. The highest BCUT2D eigenvalue weighted by atomic mass is 16.5. The van der Waals surface area contributed by atoms with Gasteiger partial charge in [-0.15, -0.1) is 0 Å². The molecule has 0 atom stereocenters. The van der Waals surface area contributed by atoms with Crippen LogP contribution in [0.1, 0.15) is 103 Å². The van der Waals surface area contributed by atoms with E-state index in [1.54, 1.807) is 6.08 Å². The summed E-state index contributed by atoms with van der Waals surface area (Å²) in [4.78, 5) is 0. The molecule has 0 aliphatic carbocycles. The van der Waals surface area contributed by atoms with Gasteiger partial charge in [0, 0.05) is 0 Å². The summed E-state index contributed by atoms with van der Waals surface area (Å²) in [6.45, 7) is 6.52. The fourth-order valence-electron chi connectivity index (χ4n) is 2.72. The smallest absolute Gasteiger partial charge is 0.105 e. The Labute approximate surface area is 140 Å². The SMILES string of the molecule is C=CCO/C=C/CCCCCCCCCCCCCCCC. The first kappa shape index (κ1) is 21.3. The number of allylic oxidation sites excluding steroid dienone is 1. The molecule has 1 nitrogen and oxygen atoms in total. The fourth-order valence-corrected chi connectivity index (χ4v) is 2.72. The minimum atomic E-state index is 0.620. The molecule has 0 spiro atoms. The Morgan fingerprint density at radius 2 is 1.14 bits per heavy atom. The first-order valence-corrected chi connectivity index (χ1v) is 9.79. The molecule has 0 aromatic heterocycles. The van der Waals surface area contributed by atoms with Gasteiger partial charge in [0.1, 0.15) is 6.61 Å². The van der Waals surface area contributed by atoms with Crippen molar-refractivity contribution in [2.45, 2.75) is 103 Å². The zero-order chi connectivity index (χ0) is 16.1. The first-order chi connectivity index (χ1) is 10.9. The van der Waals surface area contributed by atoms with Crippen molar-refractivity contribution in [3.63, 3.8) is 0 Å². The van der Waals surface area contributed by atoms with E-state index in [4.69, 9.17) is 4.74 Å². The van der Waals surface area contributed by atoms with E-state index < -0.39 is 0 Å². The highest BCUT2D eigenvalue weighted by Crippen LogP contribution is 2.13. The van der Waals surface area contributed by atoms with Crippen LogP contribution in [0.3, 0.4) is 0 Å². The molecule has 130 valence electrons. The normalized spacial score (nSPS) is 11.1. The minimum absolute atomic E-state index is 0.620. The topological polar surface area (TPSA) is 9.23 Å². The fraction of sp³-hybridized carbons (Fsp3) is 0.810. The Kier molecular flexibility index (Phi) is 19.6. The van der Waals surface area contributed by atoms with E-state index in [9.17, 15) is 0 Å². The molecule has 0 aromatic carbocycles. The van der Waals surface area contributed by atoms with Gasteiger partial charge in [-0.05, 0) is 18.9 Å². The minimum Gasteiger partial charge on any atom is -0.497 e. The van der Waals surface area contributed by atoms with Gasteiger partial charge in [0.2, 0.25) is 0 Å². The third kappa shape index (κ3) is 19.3. The molecule has 0 aromatic rings. The van der Waals surface area contributed by atoms with Crippen LogP contribution in [0.4, 0.5) is 0 Å². The molecule has 1 heteroatoms. The van der Waals surface area contributed by atoms with E-state index in [0.717, 1.165) is 6.42 Å². The quantitative estimate of drug-likeness (QED) is 0.144. The van der Waals surface area contributed by atoms with Crippen molar-refractivity contribution < 1.29 is 4.74 Å². The largest absolute Gasteiger partial charge is 0.497 e. The Balaban J connectivity index is 2.99. The van der Waals surface area contributed by atoms with Gasteiger partial charge in [-0.2, -0.15) is 0 Å². The van der Waals surface area contributed by atoms with Crippen molar-refractivity contribution in [1.29, 1.82) is 0 Å². The predicted octanol–water partition coefficient (Wildman–Crippen LogP) is 7.57. The summed E-state index contributed by atoms with van der Waals surface area (Å²) in [5.74, 6) is 0. The van der Waals surface area contributed by atoms with Gasteiger partial charge in [0.25, 0.3) is 0 Å². The van der Waals surface area contributed by atoms with Gasteiger partial charge in [-0.3, -0.25) is 0 Å². The van der Waals surface area contributed by atoms with Crippen LogP contribution in [0.2, 0.25) is 0 Å². The van der Waals surface area contributed by atoms with Gasteiger partial charge in [-0.1, -0.05) is 103 Å². The molecule has 0 N–H and O–H groups in total. The van der Waals surface area contributed by atoms with E-state index in [2.05, 4.69) is 19.6 Å². The van der Waals surface area contributed by atoms with Crippen LogP contribution >= 0.6 is 0 Å². The molecule has 22 heavy (non-hydrogen) atoms. The number of hydrogen-bond acceptors (Lipinski definition) is 1. The van der Waals surface area contributed by atoms with E-state index in [1.807, 2.05) is 6.26 Å². The second kappa shape index (κ2) is 20.3. The number of unbranched alkanes of at least 4 members (excludes halogenated alkanes) is 14. The lowest BCUT2D eigenvalue weighted by Gasteiger charge is -2.02. The lowest BCUT2D eigenvalue weighted by Crippen LogP contribution is -1.83. The lowest BCUT2D eigenvalue weighted by atomic mass is 10.0. The number of rotatable bonds is 18. The molecule has 0 rings (SSSR count). The zero-order valence-electron chi connectivity index (χ0n) is 15.2. The van der Waals surface area contributed by atoms with Crippen LogP contribution in [0.15, 0.2) is 25.0 Å². The summed E-state index contributed by atoms with van der Waals surface area (Å²) in [5, 5.41) is 0. The van der Waals surface area contributed by atoms with Gasteiger partial charge in [0.05, 0.1) is 6.26 Å². The first-order valence-electron chi connectivity index (χ1n) is 9.79. The highest BCUT2D eigenvalue weighted by molar-refractivity contribution is 4.75. The van der Waals surface area contributed by atoms with Crippen molar-refractivity contribution >= 4 is 0 Å². The van der Waals surface area contributed by atoms with Crippen LogP contribution in [-0.4, -0.2) is 6.61 Å². The van der Waals surface area contributed by atoms with Crippen LogP contribution in [0, 0.1) is 0 Å². The Morgan fingerprint density at radius 3 is 1.59 bits per heavy atom. The maximum atomic E-state index is 5.20. The van der Waals surface area contributed by atoms with Gasteiger partial charge < -0.3 is 4.74 Å². The molecule has 0 saturated heterocycles. The lowest BCUT2D eigenvalue weighted by molar-refractivity contribution is 0.288. The average Bonchev–Trinajstić information content (AvgIpc) is 2.54. The van der Waals surface area contributed by atoms with E-state index in [-0.39, 0.29) is 0 Å². The third-order valence-corrected chi connectivity index (χ3v) is 4.13. The van der Waals surface area contributed by atoms with E-state index >= 15 is 0 Å². The van der Waals surface area contributed by atoms with Crippen LogP contribution < -0.4 is 0 Å². The standard InChI is InChI=1S/C21H40O/c1-3-5-6-7-8-9-10-11-12-13-14-15-16-17-18-19-21-22-20-4-2/h4,19,21H,2-3,5-18,20H2,1H3/b21-19+. The van der Waals surface area contributed by atoms with E-state index in [0.29, 0.717) is 6.61 Å². The molecule has 0 heterocycles. The van der Waals surface area contributed by atoms with Gasteiger partial charge in [-0.25, -0.2) is 0 Å². The third-order valence-electron chi connectivity index (χ3n) is 4.13. The summed E-state index contributed by atoms with van der Waals surface area (Å²) in [6, 6.07) is 0. The summed E-state index contributed by atoms with van der Waals surface area (Å²) in [5.41, 5.74) is 0. The molecule has 0 fully saturated rings. The highest BCUT2D eigenvalue weighted by Gasteiger charge is 1.93. The predicted molar refractivity (Wildman–Crippen MR) is 100 cm³/mol. The summed E-state index contributed by atoms with van der Waals surface area (Å²) in [7, 11) is 0. The van der Waals surface area contributed by atoms with Crippen molar-refractivity contribution in [3.05, 3.63) is 25.0 Å². The molecule has 0 unspecified atom stereocenters. The second-order valence-electron chi connectivity index (χ2n) is 6.38. The summed E-state index contributed by atoms with van der Waals surface area (Å²) < 4.78 is 5.20. The molecular formula is C21H40O. The summed E-state index contributed by atoms with van der Waals surface area (Å²) in [6.07, 6.45) is 26.8.